The van der Waals surface area contributed by atoms with Gasteiger partial charge in [-0.15, -0.1) is 0 Å². The van der Waals surface area contributed by atoms with Crippen LogP contribution in [-0.2, 0) is 11.2 Å². The van der Waals surface area contributed by atoms with Gasteiger partial charge in [0.25, 0.3) is 0 Å². The number of phenols is 1. The highest BCUT2D eigenvalue weighted by molar-refractivity contribution is 6.32. The van der Waals surface area contributed by atoms with Crippen LogP contribution in [0.25, 0.3) is 0 Å². The average Bonchev–Trinajstić information content (AvgIpc) is 2.20. The van der Waals surface area contributed by atoms with Crippen LogP contribution in [0.1, 0.15) is 11.1 Å². The zero-order valence-corrected chi connectivity index (χ0v) is 9.25. The van der Waals surface area contributed by atoms with Gasteiger partial charge < -0.3 is 15.9 Å². The molecule has 0 aliphatic heterocycles. The molecule has 0 unspecified atom stereocenters. The van der Waals surface area contributed by atoms with Crippen molar-refractivity contribution in [2.24, 2.45) is 5.73 Å². The third-order valence-electron chi connectivity index (χ3n) is 2.30. The standard InChI is InChI=1S/C10H11ClFNO3/c1-4-5(2-7(13)10(15)16)6(12)3-8(14)9(4)11/h3,7,14H,2,13H2,1H3,(H,15,16)/t7-/m0/s1. The van der Waals surface area contributed by atoms with Crippen molar-refractivity contribution in [1.82, 2.24) is 0 Å². The Bertz CT molecular complexity index is 437. The van der Waals surface area contributed by atoms with Crippen molar-refractivity contribution in [3.05, 3.63) is 28.0 Å². The summed E-state index contributed by atoms with van der Waals surface area (Å²) in [5.41, 5.74) is 5.71. The number of hydrogen-bond donors (Lipinski definition) is 3. The summed E-state index contributed by atoms with van der Waals surface area (Å²) in [4.78, 5) is 10.5. The Kier molecular flexibility index (Phi) is 3.72. The molecule has 0 aromatic heterocycles. The Morgan fingerprint density at radius 1 is 1.69 bits per heavy atom. The predicted octanol–water partition coefficient (Wildman–Crippen LogP) is 1.45. The Morgan fingerprint density at radius 2 is 2.25 bits per heavy atom. The fourth-order valence-electron chi connectivity index (χ4n) is 1.33. The van der Waals surface area contributed by atoms with Crippen LogP contribution in [0.15, 0.2) is 6.07 Å². The molecule has 0 spiro atoms. The molecule has 0 fully saturated rings. The summed E-state index contributed by atoms with van der Waals surface area (Å²) in [6.45, 7) is 1.50. The number of phenolic OH excluding ortho intramolecular Hbond substituents is 1. The Morgan fingerprint density at radius 3 is 2.75 bits per heavy atom. The maximum atomic E-state index is 13.4. The van der Waals surface area contributed by atoms with E-state index in [2.05, 4.69) is 0 Å². The Balaban J connectivity index is 3.14. The van der Waals surface area contributed by atoms with Crippen molar-refractivity contribution in [1.29, 1.82) is 0 Å². The van der Waals surface area contributed by atoms with Gasteiger partial charge in [0, 0.05) is 12.5 Å². The third-order valence-corrected chi connectivity index (χ3v) is 2.78. The molecule has 0 radical (unpaired) electrons. The van der Waals surface area contributed by atoms with E-state index in [9.17, 15) is 14.3 Å². The first-order valence-corrected chi connectivity index (χ1v) is 4.87. The number of rotatable bonds is 3. The Labute approximate surface area is 96.4 Å². The second-order valence-corrected chi connectivity index (χ2v) is 3.82. The summed E-state index contributed by atoms with van der Waals surface area (Å²) in [6, 6.07) is -0.354. The van der Waals surface area contributed by atoms with Gasteiger partial charge in [0.1, 0.15) is 17.6 Å². The minimum atomic E-state index is -1.22. The monoisotopic (exact) mass is 247 g/mol. The highest BCUT2D eigenvalue weighted by atomic mass is 35.5. The van der Waals surface area contributed by atoms with E-state index in [4.69, 9.17) is 22.4 Å². The van der Waals surface area contributed by atoms with Crippen molar-refractivity contribution >= 4 is 17.6 Å². The van der Waals surface area contributed by atoms with Gasteiger partial charge in [-0.2, -0.15) is 0 Å². The zero-order valence-electron chi connectivity index (χ0n) is 8.50. The molecule has 0 heterocycles. The molecular formula is C10H11ClFNO3. The fourth-order valence-corrected chi connectivity index (χ4v) is 1.50. The highest BCUT2D eigenvalue weighted by Gasteiger charge is 2.19. The molecule has 1 aromatic carbocycles. The SMILES string of the molecule is Cc1c(Cl)c(O)cc(F)c1C[C@H](N)C(=O)O. The molecule has 16 heavy (non-hydrogen) atoms. The summed E-state index contributed by atoms with van der Waals surface area (Å²) in [6.07, 6.45) is -0.174. The molecule has 0 saturated carbocycles. The van der Waals surface area contributed by atoms with Gasteiger partial charge in [0.2, 0.25) is 0 Å². The molecule has 88 valence electrons. The number of halogens is 2. The smallest absolute Gasteiger partial charge is 0.320 e. The molecule has 0 bridgehead atoms. The molecule has 4 nitrogen and oxygen atoms in total. The first-order valence-electron chi connectivity index (χ1n) is 4.49. The fraction of sp³-hybridized carbons (Fsp3) is 0.300. The van der Waals surface area contributed by atoms with Gasteiger partial charge >= 0.3 is 5.97 Å². The molecule has 1 rings (SSSR count). The molecule has 1 atom stereocenters. The lowest BCUT2D eigenvalue weighted by Gasteiger charge is -2.12. The van der Waals surface area contributed by atoms with E-state index in [0.29, 0.717) is 5.56 Å². The average molecular weight is 248 g/mol. The summed E-state index contributed by atoms with van der Waals surface area (Å²) in [5, 5.41) is 17.9. The quantitative estimate of drug-likeness (QED) is 0.755. The van der Waals surface area contributed by atoms with E-state index in [1.165, 1.54) is 6.92 Å². The van der Waals surface area contributed by atoms with Crippen LogP contribution >= 0.6 is 11.6 Å². The first-order chi connectivity index (χ1) is 7.34. The summed E-state index contributed by atoms with van der Waals surface area (Å²) >= 11 is 5.71. The topological polar surface area (TPSA) is 83.5 Å². The number of benzene rings is 1. The van der Waals surface area contributed by atoms with Gasteiger partial charge in [-0.05, 0) is 18.1 Å². The molecule has 6 heteroatoms. The number of carbonyl (C=O) groups is 1. The lowest BCUT2D eigenvalue weighted by atomic mass is 10.0. The van der Waals surface area contributed by atoms with E-state index in [0.717, 1.165) is 6.07 Å². The van der Waals surface area contributed by atoms with Gasteiger partial charge in [0.15, 0.2) is 0 Å². The van der Waals surface area contributed by atoms with Crippen molar-refractivity contribution < 1.29 is 19.4 Å². The number of nitrogens with two attached hydrogens (primary N) is 1. The van der Waals surface area contributed by atoms with E-state index in [-0.39, 0.29) is 22.8 Å². The molecule has 0 aliphatic rings. The van der Waals surface area contributed by atoms with Crippen molar-refractivity contribution in [3.8, 4) is 5.75 Å². The van der Waals surface area contributed by atoms with Gasteiger partial charge in [0.05, 0.1) is 5.02 Å². The van der Waals surface area contributed by atoms with Gasteiger partial charge in [-0.1, -0.05) is 11.6 Å². The maximum Gasteiger partial charge on any atom is 0.320 e. The summed E-state index contributed by atoms with van der Waals surface area (Å²) in [5.74, 6) is -2.30. The molecule has 0 saturated heterocycles. The molecule has 4 N–H and O–H groups in total. The van der Waals surface area contributed by atoms with Crippen LogP contribution in [-0.4, -0.2) is 22.2 Å². The normalized spacial score (nSPS) is 12.5. The molecule has 1 aromatic rings. The van der Waals surface area contributed by atoms with Crippen LogP contribution in [0.2, 0.25) is 5.02 Å². The van der Waals surface area contributed by atoms with Crippen molar-refractivity contribution in [2.45, 2.75) is 19.4 Å². The molecule has 0 aliphatic carbocycles. The number of carboxylic acids is 1. The van der Waals surface area contributed by atoms with Crippen LogP contribution in [0, 0.1) is 12.7 Å². The number of aliphatic carboxylic acids is 1. The second-order valence-electron chi connectivity index (χ2n) is 3.44. The highest BCUT2D eigenvalue weighted by Crippen LogP contribution is 2.31. The Hall–Kier alpha value is -1.33. The van der Waals surface area contributed by atoms with Gasteiger partial charge in [-0.25, -0.2) is 4.39 Å². The zero-order chi connectivity index (χ0) is 12.5. The summed E-state index contributed by atoms with van der Waals surface area (Å²) < 4.78 is 13.4. The van der Waals surface area contributed by atoms with Crippen molar-refractivity contribution in [2.75, 3.05) is 0 Å². The third kappa shape index (κ3) is 2.43. The van der Waals surface area contributed by atoms with E-state index >= 15 is 0 Å². The number of hydrogen-bond acceptors (Lipinski definition) is 3. The van der Waals surface area contributed by atoms with Crippen LogP contribution in [0.4, 0.5) is 4.39 Å². The van der Waals surface area contributed by atoms with Crippen LogP contribution in [0.3, 0.4) is 0 Å². The van der Waals surface area contributed by atoms with Crippen molar-refractivity contribution in [3.63, 3.8) is 0 Å². The molecule has 0 amide bonds. The van der Waals surface area contributed by atoms with Crippen LogP contribution in [0.5, 0.6) is 5.75 Å². The minimum Gasteiger partial charge on any atom is -0.506 e. The molecular weight excluding hydrogens is 237 g/mol. The maximum absolute atomic E-state index is 13.4. The predicted molar refractivity (Wildman–Crippen MR) is 57.1 cm³/mol. The van der Waals surface area contributed by atoms with E-state index in [1.807, 2.05) is 0 Å². The van der Waals surface area contributed by atoms with E-state index < -0.39 is 17.8 Å². The lowest BCUT2D eigenvalue weighted by molar-refractivity contribution is -0.138. The van der Waals surface area contributed by atoms with Crippen LogP contribution < -0.4 is 5.73 Å². The largest absolute Gasteiger partial charge is 0.506 e. The number of carboxylic acid groups (broad SMARTS) is 1. The number of aromatic hydroxyl groups is 1. The van der Waals surface area contributed by atoms with Gasteiger partial charge in [-0.3, -0.25) is 4.79 Å². The van der Waals surface area contributed by atoms with E-state index in [1.54, 1.807) is 0 Å². The minimum absolute atomic E-state index is 0.00832. The summed E-state index contributed by atoms with van der Waals surface area (Å²) in [7, 11) is 0. The first kappa shape index (κ1) is 12.7. The lowest BCUT2D eigenvalue weighted by Crippen LogP contribution is -2.32. The second kappa shape index (κ2) is 4.67.